The summed E-state index contributed by atoms with van der Waals surface area (Å²) in [6, 6.07) is 4.35. The minimum absolute atomic E-state index is 0.139. The zero-order valence-electron chi connectivity index (χ0n) is 14.4. The van der Waals surface area contributed by atoms with Gasteiger partial charge in [0.05, 0.1) is 28.8 Å². The van der Waals surface area contributed by atoms with Crippen molar-refractivity contribution in [1.82, 2.24) is 4.90 Å². The van der Waals surface area contributed by atoms with E-state index >= 15 is 0 Å². The number of likely N-dealkylation sites (tertiary alicyclic amines) is 1. The van der Waals surface area contributed by atoms with Gasteiger partial charge >= 0.3 is 5.97 Å². The fraction of sp³-hybridized carbons (Fsp3) is 0.500. The molecule has 8 heteroatoms. The maximum Gasteiger partial charge on any atom is 0.310 e. The monoisotopic (exact) mass is 382 g/mol. The summed E-state index contributed by atoms with van der Waals surface area (Å²) in [6.45, 7) is 2.91. The Kier molecular flexibility index (Phi) is 5.76. The molecular formula is C18H20ClFN2O4. The first-order chi connectivity index (χ1) is 12.5. The number of oxime groups is 1. The van der Waals surface area contributed by atoms with Crippen LogP contribution in [0.5, 0.6) is 0 Å². The van der Waals surface area contributed by atoms with Gasteiger partial charge in [-0.3, -0.25) is 9.59 Å². The Hall–Kier alpha value is -2.15. The lowest BCUT2D eigenvalue weighted by Crippen LogP contribution is -2.47. The van der Waals surface area contributed by atoms with Gasteiger partial charge < -0.3 is 14.5 Å². The van der Waals surface area contributed by atoms with Crippen LogP contribution in [0.3, 0.4) is 0 Å². The molecule has 140 valence electrons. The molecular weight excluding hydrogens is 363 g/mol. The smallest absolute Gasteiger partial charge is 0.310 e. The molecule has 1 amide bonds. The van der Waals surface area contributed by atoms with Crippen LogP contribution in [0.1, 0.15) is 31.7 Å². The average molecular weight is 383 g/mol. The summed E-state index contributed by atoms with van der Waals surface area (Å²) in [7, 11) is 0. The number of ether oxygens (including phenoxy) is 1. The van der Waals surface area contributed by atoms with E-state index in [1.54, 1.807) is 17.9 Å². The number of piperidine rings is 1. The van der Waals surface area contributed by atoms with Crippen LogP contribution < -0.4 is 0 Å². The zero-order chi connectivity index (χ0) is 18.7. The lowest BCUT2D eigenvalue weighted by molar-refractivity contribution is -0.153. The summed E-state index contributed by atoms with van der Waals surface area (Å²) < 4.78 is 19.1. The summed E-state index contributed by atoms with van der Waals surface area (Å²) >= 11 is 6.05. The van der Waals surface area contributed by atoms with Crippen LogP contribution in [0.25, 0.3) is 0 Å². The van der Waals surface area contributed by atoms with Crippen molar-refractivity contribution in [2.75, 3.05) is 19.7 Å². The van der Waals surface area contributed by atoms with Crippen LogP contribution in [0.15, 0.2) is 23.4 Å². The van der Waals surface area contributed by atoms with Gasteiger partial charge in [0, 0.05) is 19.5 Å². The average Bonchev–Trinajstić information content (AvgIpc) is 3.11. The van der Waals surface area contributed by atoms with Crippen molar-refractivity contribution in [3.05, 3.63) is 34.6 Å². The van der Waals surface area contributed by atoms with Crippen LogP contribution in [0.2, 0.25) is 5.02 Å². The van der Waals surface area contributed by atoms with Gasteiger partial charge in [-0.15, -0.1) is 0 Å². The van der Waals surface area contributed by atoms with E-state index in [1.807, 2.05) is 0 Å². The number of halogens is 2. The van der Waals surface area contributed by atoms with Gasteiger partial charge in [0.25, 0.3) is 5.91 Å². The molecule has 1 fully saturated rings. The number of carbonyl (C=O) groups is 2. The summed E-state index contributed by atoms with van der Waals surface area (Å²) in [5, 5.41) is 4.08. The number of esters is 1. The van der Waals surface area contributed by atoms with E-state index in [2.05, 4.69) is 5.16 Å². The molecule has 0 radical (unpaired) electrons. The summed E-state index contributed by atoms with van der Waals surface area (Å²) in [4.78, 5) is 31.5. The molecule has 1 aromatic carbocycles. The van der Waals surface area contributed by atoms with Crippen LogP contribution in [0.4, 0.5) is 4.39 Å². The Morgan fingerprint density at radius 1 is 1.46 bits per heavy atom. The fourth-order valence-electron chi connectivity index (χ4n) is 3.26. The van der Waals surface area contributed by atoms with Crippen molar-refractivity contribution in [2.24, 2.45) is 11.1 Å². The predicted molar refractivity (Wildman–Crippen MR) is 93.4 cm³/mol. The zero-order valence-corrected chi connectivity index (χ0v) is 15.2. The summed E-state index contributed by atoms with van der Waals surface area (Å²) in [5.74, 6) is -1.37. The first-order valence-corrected chi connectivity index (χ1v) is 9.01. The highest BCUT2D eigenvalue weighted by molar-refractivity contribution is 6.34. The van der Waals surface area contributed by atoms with E-state index in [0.717, 1.165) is 6.42 Å². The number of nitrogens with zero attached hydrogens (tertiary/aromatic N) is 2. The lowest BCUT2D eigenvalue weighted by Gasteiger charge is -2.32. The number of hydrogen-bond acceptors (Lipinski definition) is 5. The number of rotatable bonds is 4. The minimum atomic E-state index is -0.832. The molecule has 1 aromatic rings. The van der Waals surface area contributed by atoms with Gasteiger partial charge in [0.1, 0.15) is 5.82 Å². The number of hydrogen-bond donors (Lipinski definition) is 0. The third kappa shape index (κ3) is 3.82. The molecule has 0 aliphatic carbocycles. The van der Waals surface area contributed by atoms with Crippen molar-refractivity contribution in [3.63, 3.8) is 0 Å². The molecule has 3 rings (SSSR count). The molecule has 0 aromatic heterocycles. The Bertz CT molecular complexity index is 720. The molecule has 2 aliphatic rings. The van der Waals surface area contributed by atoms with E-state index in [4.69, 9.17) is 21.2 Å². The molecule has 0 N–H and O–H groups in total. The molecule has 0 bridgehead atoms. The largest absolute Gasteiger partial charge is 0.466 e. The molecule has 2 aliphatic heterocycles. The molecule has 2 heterocycles. The molecule has 6 nitrogen and oxygen atoms in total. The molecule has 1 saturated heterocycles. The van der Waals surface area contributed by atoms with Gasteiger partial charge in [0.15, 0.2) is 0 Å². The van der Waals surface area contributed by atoms with Crippen LogP contribution in [0, 0.1) is 11.7 Å². The fourth-order valence-corrected chi connectivity index (χ4v) is 3.54. The van der Waals surface area contributed by atoms with Gasteiger partial charge in [-0.05, 0) is 31.9 Å². The molecule has 0 saturated carbocycles. The van der Waals surface area contributed by atoms with Crippen molar-refractivity contribution >= 4 is 29.2 Å². The van der Waals surface area contributed by atoms with Crippen molar-refractivity contribution in [3.8, 4) is 0 Å². The van der Waals surface area contributed by atoms with E-state index in [0.29, 0.717) is 31.8 Å². The summed E-state index contributed by atoms with van der Waals surface area (Å²) in [5.41, 5.74) is 0.470. The van der Waals surface area contributed by atoms with Crippen molar-refractivity contribution in [1.29, 1.82) is 0 Å². The molecule has 2 unspecified atom stereocenters. The molecule has 0 spiro atoms. The Balaban J connectivity index is 1.64. The standard InChI is InChI=1S/C18H20ClFN2O4/c1-2-25-18(24)11-5-4-8-22(10-11)17(23)15-9-14(21-26-15)16-12(19)6-3-7-13(16)20/h3,6-7,11,15H,2,4-5,8-10H2,1H3. The number of amides is 1. The molecule has 26 heavy (non-hydrogen) atoms. The van der Waals surface area contributed by atoms with Crippen LogP contribution >= 0.6 is 11.6 Å². The highest BCUT2D eigenvalue weighted by Crippen LogP contribution is 2.27. The second-order valence-corrected chi connectivity index (χ2v) is 6.72. The third-order valence-electron chi connectivity index (χ3n) is 4.55. The van der Waals surface area contributed by atoms with Crippen LogP contribution in [-0.2, 0) is 19.2 Å². The quantitative estimate of drug-likeness (QED) is 0.751. The Morgan fingerprint density at radius 3 is 3.00 bits per heavy atom. The van der Waals surface area contributed by atoms with E-state index in [-0.39, 0.29) is 34.8 Å². The number of carbonyl (C=O) groups excluding carboxylic acids is 2. The van der Waals surface area contributed by atoms with Gasteiger partial charge in [-0.1, -0.05) is 22.8 Å². The summed E-state index contributed by atoms with van der Waals surface area (Å²) in [6.07, 6.45) is 0.719. The van der Waals surface area contributed by atoms with Crippen molar-refractivity contribution < 1.29 is 23.6 Å². The topological polar surface area (TPSA) is 68.2 Å². The van der Waals surface area contributed by atoms with Gasteiger partial charge in [-0.2, -0.15) is 0 Å². The Morgan fingerprint density at radius 2 is 2.27 bits per heavy atom. The normalized spacial score (nSPS) is 22.6. The highest BCUT2D eigenvalue weighted by atomic mass is 35.5. The minimum Gasteiger partial charge on any atom is -0.466 e. The third-order valence-corrected chi connectivity index (χ3v) is 4.86. The van der Waals surface area contributed by atoms with E-state index in [1.165, 1.54) is 12.1 Å². The maximum atomic E-state index is 14.0. The Labute approximate surface area is 155 Å². The highest BCUT2D eigenvalue weighted by Gasteiger charge is 2.37. The molecule has 2 atom stereocenters. The van der Waals surface area contributed by atoms with E-state index < -0.39 is 11.9 Å². The van der Waals surface area contributed by atoms with Crippen molar-refractivity contribution in [2.45, 2.75) is 32.3 Å². The predicted octanol–water partition coefficient (Wildman–Crippen LogP) is 2.77. The van der Waals surface area contributed by atoms with Gasteiger partial charge in [-0.25, -0.2) is 4.39 Å². The van der Waals surface area contributed by atoms with E-state index in [9.17, 15) is 14.0 Å². The van der Waals surface area contributed by atoms with Gasteiger partial charge in [0.2, 0.25) is 6.10 Å². The van der Waals surface area contributed by atoms with Crippen LogP contribution in [-0.4, -0.2) is 48.3 Å². The first kappa shape index (κ1) is 18.6. The SMILES string of the molecule is CCOC(=O)C1CCCN(C(=O)C2CC(c3c(F)cccc3Cl)=NO2)C1. The second kappa shape index (κ2) is 8.03. The maximum absolute atomic E-state index is 14.0. The number of benzene rings is 1. The first-order valence-electron chi connectivity index (χ1n) is 8.63. The second-order valence-electron chi connectivity index (χ2n) is 6.31. The lowest BCUT2D eigenvalue weighted by atomic mass is 9.97.